The van der Waals surface area contributed by atoms with E-state index in [4.69, 9.17) is 10.8 Å². The van der Waals surface area contributed by atoms with Crippen LogP contribution in [0.15, 0.2) is 0 Å². The molecule has 1 heterocycles. The average molecular weight is 158 g/mol. The molecule has 0 aliphatic carbocycles. The third-order valence-electron chi connectivity index (χ3n) is 2.12. The molecule has 0 bridgehead atoms. The summed E-state index contributed by atoms with van der Waals surface area (Å²) in [6, 6.07) is 0.178. The first-order chi connectivity index (χ1) is 5.25. The molecule has 1 atom stereocenters. The van der Waals surface area contributed by atoms with Crippen LogP contribution in [0.3, 0.4) is 0 Å². The Morgan fingerprint density at radius 2 is 2.45 bits per heavy atom. The van der Waals surface area contributed by atoms with Gasteiger partial charge < -0.3 is 15.7 Å². The van der Waals surface area contributed by atoms with Gasteiger partial charge in [0.15, 0.2) is 0 Å². The van der Waals surface area contributed by atoms with Crippen LogP contribution in [0.4, 0.5) is 4.79 Å². The number of hydrogen-bond acceptors (Lipinski definition) is 2. The molecule has 0 radical (unpaired) electrons. The van der Waals surface area contributed by atoms with E-state index in [-0.39, 0.29) is 6.04 Å². The maximum Gasteiger partial charge on any atom is 0.407 e. The van der Waals surface area contributed by atoms with Gasteiger partial charge in [0.25, 0.3) is 0 Å². The minimum Gasteiger partial charge on any atom is -0.465 e. The third-order valence-corrected chi connectivity index (χ3v) is 2.12. The summed E-state index contributed by atoms with van der Waals surface area (Å²) in [5.41, 5.74) is 5.35. The summed E-state index contributed by atoms with van der Waals surface area (Å²) in [4.78, 5) is 12.1. The molecule has 1 saturated heterocycles. The van der Waals surface area contributed by atoms with E-state index < -0.39 is 6.09 Å². The van der Waals surface area contributed by atoms with E-state index in [1.807, 2.05) is 0 Å². The van der Waals surface area contributed by atoms with Crippen LogP contribution in [0.25, 0.3) is 0 Å². The van der Waals surface area contributed by atoms with Gasteiger partial charge >= 0.3 is 6.09 Å². The molecular formula is C7H14N2O2. The molecule has 0 aromatic heterocycles. The van der Waals surface area contributed by atoms with Crippen LogP contribution in [0, 0.1) is 0 Å². The zero-order valence-electron chi connectivity index (χ0n) is 6.49. The Labute approximate surface area is 66.0 Å². The highest BCUT2D eigenvalue weighted by molar-refractivity contribution is 5.65. The zero-order valence-corrected chi connectivity index (χ0v) is 6.49. The normalized spacial score (nSPS) is 24.1. The van der Waals surface area contributed by atoms with E-state index in [1.165, 1.54) is 4.90 Å². The van der Waals surface area contributed by atoms with Crippen molar-refractivity contribution in [3.8, 4) is 0 Å². The molecule has 0 spiro atoms. The van der Waals surface area contributed by atoms with Gasteiger partial charge in [-0.15, -0.1) is 0 Å². The number of nitrogens with two attached hydrogens (primary N) is 1. The number of carbonyl (C=O) groups is 1. The van der Waals surface area contributed by atoms with Crippen LogP contribution in [-0.4, -0.2) is 35.2 Å². The SMILES string of the molecule is NCC[C@H]1CCCN1C(=O)O. The van der Waals surface area contributed by atoms with Crippen molar-refractivity contribution in [3.05, 3.63) is 0 Å². The fraction of sp³-hybridized carbons (Fsp3) is 0.857. The van der Waals surface area contributed by atoms with Gasteiger partial charge in [-0.25, -0.2) is 4.79 Å². The second kappa shape index (κ2) is 3.57. The molecule has 4 nitrogen and oxygen atoms in total. The standard InChI is InChI=1S/C7H14N2O2/c8-4-3-6-2-1-5-9(6)7(10)11/h6H,1-5,8H2,(H,10,11)/t6-/m1/s1. The van der Waals surface area contributed by atoms with Gasteiger partial charge in [-0.05, 0) is 25.8 Å². The molecule has 3 N–H and O–H groups in total. The number of amides is 1. The van der Waals surface area contributed by atoms with Crippen molar-refractivity contribution in [2.75, 3.05) is 13.1 Å². The lowest BCUT2D eigenvalue weighted by atomic mass is 10.1. The average Bonchev–Trinajstić information content (AvgIpc) is 2.36. The Morgan fingerprint density at radius 3 is 3.00 bits per heavy atom. The molecule has 0 aromatic carbocycles. The maximum absolute atomic E-state index is 10.6. The first-order valence-electron chi connectivity index (χ1n) is 3.95. The van der Waals surface area contributed by atoms with E-state index in [0.29, 0.717) is 13.1 Å². The van der Waals surface area contributed by atoms with Crippen molar-refractivity contribution >= 4 is 6.09 Å². The van der Waals surface area contributed by atoms with Crippen molar-refractivity contribution in [3.63, 3.8) is 0 Å². The van der Waals surface area contributed by atoms with Crippen LogP contribution >= 0.6 is 0 Å². The molecule has 1 aliphatic heterocycles. The molecule has 1 amide bonds. The third kappa shape index (κ3) is 1.83. The van der Waals surface area contributed by atoms with Crippen LogP contribution < -0.4 is 5.73 Å². The maximum atomic E-state index is 10.6. The Hall–Kier alpha value is -0.770. The number of rotatable bonds is 2. The predicted octanol–water partition coefficient (Wildman–Crippen LogP) is 0.478. The van der Waals surface area contributed by atoms with Gasteiger partial charge in [-0.3, -0.25) is 0 Å². The molecule has 4 heteroatoms. The highest BCUT2D eigenvalue weighted by Crippen LogP contribution is 2.18. The van der Waals surface area contributed by atoms with Crippen molar-refractivity contribution in [2.45, 2.75) is 25.3 Å². The fourth-order valence-corrected chi connectivity index (χ4v) is 1.58. The predicted molar refractivity (Wildman–Crippen MR) is 41.4 cm³/mol. The number of hydrogen-bond donors (Lipinski definition) is 2. The second-order valence-corrected chi connectivity index (χ2v) is 2.85. The smallest absolute Gasteiger partial charge is 0.407 e. The van der Waals surface area contributed by atoms with Crippen LogP contribution in [0.5, 0.6) is 0 Å². The highest BCUT2D eigenvalue weighted by atomic mass is 16.4. The Kier molecular flexibility index (Phi) is 2.70. The van der Waals surface area contributed by atoms with Gasteiger partial charge in [0.1, 0.15) is 0 Å². The first-order valence-corrected chi connectivity index (χ1v) is 3.95. The fourth-order valence-electron chi connectivity index (χ4n) is 1.58. The molecule has 1 fully saturated rings. The topological polar surface area (TPSA) is 66.6 Å². The van der Waals surface area contributed by atoms with E-state index in [1.54, 1.807) is 0 Å². The van der Waals surface area contributed by atoms with E-state index in [9.17, 15) is 4.79 Å². The highest BCUT2D eigenvalue weighted by Gasteiger charge is 2.27. The summed E-state index contributed by atoms with van der Waals surface area (Å²) < 4.78 is 0. The quantitative estimate of drug-likeness (QED) is 0.614. The van der Waals surface area contributed by atoms with Crippen LogP contribution in [-0.2, 0) is 0 Å². The molecule has 1 rings (SSSR count). The van der Waals surface area contributed by atoms with Crippen molar-refractivity contribution < 1.29 is 9.90 Å². The number of nitrogens with zero attached hydrogens (tertiary/aromatic N) is 1. The molecule has 1 aliphatic rings. The lowest BCUT2D eigenvalue weighted by Crippen LogP contribution is -2.35. The Morgan fingerprint density at radius 1 is 1.73 bits per heavy atom. The van der Waals surface area contributed by atoms with Gasteiger partial charge in [0.05, 0.1) is 0 Å². The summed E-state index contributed by atoms with van der Waals surface area (Å²) in [6.45, 7) is 1.26. The summed E-state index contributed by atoms with van der Waals surface area (Å²) in [6.07, 6.45) is 1.95. The molecule has 0 aromatic rings. The molecule has 11 heavy (non-hydrogen) atoms. The summed E-state index contributed by atoms with van der Waals surface area (Å²) >= 11 is 0. The van der Waals surface area contributed by atoms with Crippen molar-refractivity contribution in [1.82, 2.24) is 4.90 Å². The number of carboxylic acid groups (broad SMARTS) is 1. The van der Waals surface area contributed by atoms with Gasteiger partial charge in [-0.2, -0.15) is 0 Å². The van der Waals surface area contributed by atoms with Crippen molar-refractivity contribution in [1.29, 1.82) is 0 Å². The molecule has 0 saturated carbocycles. The van der Waals surface area contributed by atoms with Crippen LogP contribution in [0.2, 0.25) is 0 Å². The minimum absolute atomic E-state index is 0.178. The van der Waals surface area contributed by atoms with E-state index in [0.717, 1.165) is 19.3 Å². The summed E-state index contributed by atoms with van der Waals surface area (Å²) in [5, 5.41) is 8.70. The summed E-state index contributed by atoms with van der Waals surface area (Å²) in [5.74, 6) is 0. The molecule has 0 unspecified atom stereocenters. The zero-order chi connectivity index (χ0) is 8.27. The van der Waals surface area contributed by atoms with Gasteiger partial charge in [0, 0.05) is 12.6 Å². The van der Waals surface area contributed by atoms with E-state index >= 15 is 0 Å². The lowest BCUT2D eigenvalue weighted by Gasteiger charge is -2.20. The monoisotopic (exact) mass is 158 g/mol. The van der Waals surface area contributed by atoms with E-state index in [2.05, 4.69) is 0 Å². The van der Waals surface area contributed by atoms with Crippen molar-refractivity contribution in [2.24, 2.45) is 5.73 Å². The Balaban J connectivity index is 2.44. The van der Waals surface area contributed by atoms with Gasteiger partial charge in [0.2, 0.25) is 0 Å². The number of likely N-dealkylation sites (tertiary alicyclic amines) is 1. The minimum atomic E-state index is -0.805. The largest absolute Gasteiger partial charge is 0.465 e. The molecular weight excluding hydrogens is 144 g/mol. The van der Waals surface area contributed by atoms with Crippen LogP contribution in [0.1, 0.15) is 19.3 Å². The first kappa shape index (κ1) is 8.33. The Bertz CT molecular complexity index is 149. The molecule has 64 valence electrons. The second-order valence-electron chi connectivity index (χ2n) is 2.85. The van der Waals surface area contributed by atoms with Gasteiger partial charge in [-0.1, -0.05) is 0 Å². The lowest BCUT2D eigenvalue weighted by molar-refractivity contribution is 0.139. The summed E-state index contributed by atoms with van der Waals surface area (Å²) in [7, 11) is 0.